The maximum absolute atomic E-state index is 12.5. The van der Waals surface area contributed by atoms with E-state index in [9.17, 15) is 4.79 Å². The summed E-state index contributed by atoms with van der Waals surface area (Å²) in [5.41, 5.74) is 2.18. The third-order valence-corrected chi connectivity index (χ3v) is 4.79. The number of rotatable bonds is 1. The van der Waals surface area contributed by atoms with Gasteiger partial charge in [0.2, 0.25) is 0 Å². The van der Waals surface area contributed by atoms with Crippen LogP contribution in [0.15, 0.2) is 24.3 Å². The van der Waals surface area contributed by atoms with Gasteiger partial charge in [0.1, 0.15) is 11.7 Å². The molecule has 1 aromatic rings. The second-order valence-corrected chi connectivity index (χ2v) is 7.80. The quantitative estimate of drug-likeness (QED) is 0.737. The van der Waals surface area contributed by atoms with E-state index >= 15 is 0 Å². The van der Waals surface area contributed by atoms with Crippen LogP contribution in [0.25, 0.3) is 5.57 Å². The van der Waals surface area contributed by atoms with Crippen LogP contribution in [0.4, 0.5) is 4.79 Å². The number of carbonyl (C=O) groups is 1. The van der Waals surface area contributed by atoms with E-state index in [0.717, 1.165) is 24.8 Å². The first kappa shape index (κ1) is 16.9. The molecule has 0 spiro atoms. The van der Waals surface area contributed by atoms with Gasteiger partial charge in [-0.3, -0.25) is 4.90 Å². The van der Waals surface area contributed by atoms with E-state index in [0.29, 0.717) is 10.6 Å². The van der Waals surface area contributed by atoms with Crippen LogP contribution in [0.5, 0.6) is 0 Å². The summed E-state index contributed by atoms with van der Waals surface area (Å²) in [4.78, 5) is 14.3. The van der Waals surface area contributed by atoms with E-state index in [1.54, 1.807) is 6.07 Å². The molecule has 5 heteroatoms. The third kappa shape index (κ3) is 3.27. The molecule has 2 aliphatic rings. The van der Waals surface area contributed by atoms with Gasteiger partial charge in [-0.15, -0.1) is 0 Å². The topological polar surface area (TPSA) is 53.3 Å². The minimum absolute atomic E-state index is 0.0646. The number of carbonyl (C=O) groups excluding carboxylic acids is 1. The highest BCUT2D eigenvalue weighted by molar-refractivity contribution is 6.31. The number of nitrogens with zero attached hydrogens (tertiary/aromatic N) is 2. The highest BCUT2D eigenvalue weighted by Crippen LogP contribution is 2.39. The maximum atomic E-state index is 12.5. The van der Waals surface area contributed by atoms with Crippen LogP contribution in [0.2, 0.25) is 5.02 Å². The molecule has 2 bridgehead atoms. The van der Waals surface area contributed by atoms with Crippen molar-refractivity contribution in [3.05, 3.63) is 40.4 Å². The first-order valence-electron chi connectivity index (χ1n) is 8.20. The predicted octanol–water partition coefficient (Wildman–Crippen LogP) is 4.77. The summed E-state index contributed by atoms with van der Waals surface area (Å²) in [5.74, 6) is 0. The Morgan fingerprint density at radius 2 is 2.12 bits per heavy atom. The number of hydrogen-bond acceptors (Lipinski definition) is 3. The van der Waals surface area contributed by atoms with Crippen molar-refractivity contribution in [2.45, 2.75) is 57.7 Å². The fourth-order valence-corrected chi connectivity index (χ4v) is 3.61. The average molecular weight is 345 g/mol. The van der Waals surface area contributed by atoms with Gasteiger partial charge in [0.25, 0.3) is 0 Å². The standard InChI is InChI=1S/C19H21ClN2O2/c1-19(2,3)24-18(23)22-15-5-6-16(22)10-13(9-15)12-4-7-17(20)14(8-12)11-21/h4,7-9,15-16H,5-6,10H2,1-3H3. The van der Waals surface area contributed by atoms with E-state index in [1.807, 2.05) is 37.8 Å². The third-order valence-electron chi connectivity index (χ3n) is 4.46. The van der Waals surface area contributed by atoms with Crippen LogP contribution in [0.1, 0.15) is 51.2 Å². The average Bonchev–Trinajstić information content (AvgIpc) is 2.77. The SMILES string of the molecule is CC(C)(C)OC(=O)N1C2C=C(c3ccc(Cl)c(C#N)c3)CC1CC2. The Labute approximate surface area is 147 Å². The van der Waals surface area contributed by atoms with Crippen molar-refractivity contribution < 1.29 is 9.53 Å². The molecular weight excluding hydrogens is 324 g/mol. The van der Waals surface area contributed by atoms with Crippen molar-refractivity contribution in [1.82, 2.24) is 4.90 Å². The van der Waals surface area contributed by atoms with E-state index in [-0.39, 0.29) is 18.2 Å². The smallest absolute Gasteiger partial charge is 0.411 e. The van der Waals surface area contributed by atoms with Gasteiger partial charge in [-0.2, -0.15) is 5.26 Å². The van der Waals surface area contributed by atoms with Crippen LogP contribution in [0.3, 0.4) is 0 Å². The largest absolute Gasteiger partial charge is 0.444 e. The van der Waals surface area contributed by atoms with E-state index in [4.69, 9.17) is 21.6 Å². The Hall–Kier alpha value is -1.99. The molecule has 0 aliphatic carbocycles. The Bertz CT molecular complexity index is 743. The number of ether oxygens (including phenoxy) is 1. The predicted molar refractivity (Wildman–Crippen MR) is 93.6 cm³/mol. The summed E-state index contributed by atoms with van der Waals surface area (Å²) in [6.07, 6.45) is 4.61. The second-order valence-electron chi connectivity index (χ2n) is 7.39. The summed E-state index contributed by atoms with van der Waals surface area (Å²) in [6, 6.07) is 7.88. The minimum Gasteiger partial charge on any atom is -0.444 e. The van der Waals surface area contributed by atoms with Gasteiger partial charge in [-0.1, -0.05) is 23.7 Å². The fourth-order valence-electron chi connectivity index (χ4n) is 3.45. The molecule has 2 atom stereocenters. The van der Waals surface area contributed by atoms with E-state index in [2.05, 4.69) is 12.1 Å². The molecule has 0 aromatic heterocycles. The minimum atomic E-state index is -0.488. The number of fused-ring (bicyclic) bond motifs is 2. The summed E-state index contributed by atoms with van der Waals surface area (Å²) in [6.45, 7) is 5.65. The Morgan fingerprint density at radius 3 is 2.75 bits per heavy atom. The molecular formula is C19H21ClN2O2. The molecule has 1 amide bonds. The molecule has 2 unspecified atom stereocenters. The molecule has 2 heterocycles. The molecule has 1 fully saturated rings. The first-order chi connectivity index (χ1) is 11.3. The lowest BCUT2D eigenvalue weighted by Gasteiger charge is -2.35. The summed E-state index contributed by atoms with van der Waals surface area (Å²) < 4.78 is 5.55. The Morgan fingerprint density at radius 1 is 1.38 bits per heavy atom. The molecule has 4 nitrogen and oxygen atoms in total. The lowest BCUT2D eigenvalue weighted by molar-refractivity contribution is 0.0175. The second kappa shape index (κ2) is 6.14. The number of amides is 1. The zero-order valence-electron chi connectivity index (χ0n) is 14.2. The molecule has 1 aromatic carbocycles. The number of hydrogen-bond donors (Lipinski definition) is 0. The van der Waals surface area contributed by atoms with Crippen LogP contribution in [-0.2, 0) is 4.74 Å². The van der Waals surface area contributed by atoms with Gasteiger partial charge in [0.05, 0.1) is 16.6 Å². The highest BCUT2D eigenvalue weighted by atomic mass is 35.5. The lowest BCUT2D eigenvalue weighted by Crippen LogP contribution is -2.45. The van der Waals surface area contributed by atoms with Gasteiger partial charge in [-0.05, 0) is 63.3 Å². The monoisotopic (exact) mass is 344 g/mol. The first-order valence-corrected chi connectivity index (χ1v) is 8.58. The van der Waals surface area contributed by atoms with Gasteiger partial charge in [0, 0.05) is 6.04 Å². The number of nitriles is 1. The lowest BCUT2D eigenvalue weighted by atomic mass is 9.94. The molecule has 126 valence electrons. The fraction of sp³-hybridized carbons (Fsp3) is 0.474. The summed E-state index contributed by atoms with van der Waals surface area (Å²) >= 11 is 6.02. The zero-order valence-corrected chi connectivity index (χ0v) is 14.9. The van der Waals surface area contributed by atoms with E-state index < -0.39 is 5.60 Å². The summed E-state index contributed by atoms with van der Waals surface area (Å²) in [5, 5.41) is 9.63. The zero-order chi connectivity index (χ0) is 17.5. The molecule has 2 aliphatic heterocycles. The van der Waals surface area contributed by atoms with E-state index in [1.165, 1.54) is 5.57 Å². The molecule has 1 saturated heterocycles. The number of benzene rings is 1. The molecule has 0 radical (unpaired) electrons. The van der Waals surface area contributed by atoms with Crippen molar-refractivity contribution in [3.8, 4) is 6.07 Å². The van der Waals surface area contributed by atoms with Crippen LogP contribution >= 0.6 is 11.6 Å². The number of halogens is 1. The highest BCUT2D eigenvalue weighted by Gasteiger charge is 2.41. The van der Waals surface area contributed by atoms with Gasteiger partial charge < -0.3 is 4.74 Å². The molecule has 3 rings (SSSR count). The summed E-state index contributed by atoms with van der Waals surface area (Å²) in [7, 11) is 0. The molecule has 0 N–H and O–H groups in total. The normalized spacial score (nSPS) is 22.8. The maximum Gasteiger partial charge on any atom is 0.411 e. The van der Waals surface area contributed by atoms with Gasteiger partial charge in [-0.25, -0.2) is 4.79 Å². The Kier molecular flexibility index (Phi) is 4.31. The van der Waals surface area contributed by atoms with Crippen LogP contribution in [0, 0.1) is 11.3 Å². The van der Waals surface area contributed by atoms with Crippen molar-refractivity contribution in [1.29, 1.82) is 5.26 Å². The van der Waals surface area contributed by atoms with Crippen molar-refractivity contribution in [2.75, 3.05) is 0 Å². The van der Waals surface area contributed by atoms with Crippen LogP contribution in [-0.4, -0.2) is 28.7 Å². The Balaban J connectivity index is 1.85. The van der Waals surface area contributed by atoms with Gasteiger partial charge >= 0.3 is 6.09 Å². The molecule has 0 saturated carbocycles. The van der Waals surface area contributed by atoms with Crippen molar-refractivity contribution in [3.63, 3.8) is 0 Å². The van der Waals surface area contributed by atoms with Crippen molar-refractivity contribution in [2.24, 2.45) is 0 Å². The van der Waals surface area contributed by atoms with Gasteiger partial charge in [0.15, 0.2) is 0 Å². The molecule has 24 heavy (non-hydrogen) atoms. The van der Waals surface area contributed by atoms with Crippen LogP contribution < -0.4 is 0 Å². The van der Waals surface area contributed by atoms with Crippen molar-refractivity contribution >= 4 is 23.3 Å².